The number of aromatic nitrogens is 1. The van der Waals surface area contributed by atoms with Crippen LogP contribution < -0.4 is 10.6 Å². The third-order valence-electron chi connectivity index (χ3n) is 2.53. The van der Waals surface area contributed by atoms with Gasteiger partial charge in [-0.05, 0) is 12.8 Å². The second-order valence-electron chi connectivity index (χ2n) is 3.52. The van der Waals surface area contributed by atoms with E-state index >= 15 is 0 Å². The van der Waals surface area contributed by atoms with Gasteiger partial charge in [0.05, 0.1) is 0 Å². The lowest BCUT2D eigenvalue weighted by Crippen LogP contribution is -2.40. The van der Waals surface area contributed by atoms with E-state index in [1.54, 1.807) is 0 Å². The molecule has 0 saturated carbocycles. The number of amides is 1. The van der Waals surface area contributed by atoms with Crippen molar-refractivity contribution in [3.8, 4) is 0 Å². The summed E-state index contributed by atoms with van der Waals surface area (Å²) < 4.78 is 0. The van der Waals surface area contributed by atoms with Gasteiger partial charge in [0.1, 0.15) is 10.9 Å². The molecule has 1 aromatic heterocycles. The van der Waals surface area contributed by atoms with Crippen molar-refractivity contribution in [2.45, 2.75) is 18.9 Å². The van der Waals surface area contributed by atoms with Gasteiger partial charge in [0.2, 0.25) is 5.91 Å². The maximum atomic E-state index is 11.2. The highest BCUT2D eigenvalue weighted by Gasteiger charge is 2.31. The van der Waals surface area contributed by atoms with E-state index in [4.69, 9.17) is 17.3 Å². The van der Waals surface area contributed by atoms with Crippen molar-refractivity contribution in [2.24, 2.45) is 5.73 Å². The topological polar surface area (TPSA) is 76.3 Å². The van der Waals surface area contributed by atoms with Gasteiger partial charge >= 0.3 is 0 Å². The van der Waals surface area contributed by atoms with Gasteiger partial charge in [-0.2, -0.15) is 0 Å². The second kappa shape index (κ2) is 4.39. The van der Waals surface area contributed by atoms with E-state index in [0.717, 1.165) is 19.4 Å². The molecule has 1 aromatic rings. The zero-order valence-corrected chi connectivity index (χ0v) is 9.92. The molecule has 1 unspecified atom stereocenters. The number of thiazole rings is 1. The summed E-state index contributed by atoms with van der Waals surface area (Å²) in [7, 11) is 0. The number of nitrogens with two attached hydrogens (primary N) is 1. The van der Waals surface area contributed by atoms with Crippen LogP contribution in [-0.2, 0) is 4.79 Å². The fourth-order valence-corrected chi connectivity index (χ4v) is 2.93. The number of rotatable bonds is 3. The first-order valence-electron chi connectivity index (χ1n) is 4.81. The maximum Gasteiger partial charge on any atom is 0.240 e. The third-order valence-corrected chi connectivity index (χ3v) is 3.95. The van der Waals surface area contributed by atoms with Crippen LogP contribution in [0, 0.1) is 0 Å². The minimum atomic E-state index is -0.364. The zero-order valence-electron chi connectivity index (χ0n) is 8.35. The van der Waals surface area contributed by atoms with Crippen LogP contribution in [0.1, 0.15) is 22.5 Å². The second-order valence-corrected chi connectivity index (χ2v) is 4.89. The number of hydrogen-bond donors (Lipinski definition) is 1. The molecule has 1 saturated heterocycles. The van der Waals surface area contributed by atoms with Crippen LogP contribution in [-0.4, -0.2) is 29.8 Å². The fraction of sp³-hybridized carbons (Fsp3) is 0.444. The average molecular weight is 260 g/mol. The van der Waals surface area contributed by atoms with Crippen molar-refractivity contribution >= 4 is 40.3 Å². The molecular weight excluding hydrogens is 250 g/mol. The van der Waals surface area contributed by atoms with E-state index in [1.807, 2.05) is 4.90 Å². The first-order valence-corrected chi connectivity index (χ1v) is 6.00. The number of carbonyl (C=O) groups is 2. The molecule has 1 aliphatic heterocycles. The Morgan fingerprint density at radius 3 is 3.00 bits per heavy atom. The largest absolute Gasteiger partial charge is 0.368 e. The van der Waals surface area contributed by atoms with E-state index in [0.29, 0.717) is 16.3 Å². The molecule has 0 aliphatic carbocycles. The summed E-state index contributed by atoms with van der Waals surface area (Å²) in [5.41, 5.74) is 5.30. The predicted octanol–water partition coefficient (Wildman–Crippen LogP) is 1.06. The highest BCUT2D eigenvalue weighted by atomic mass is 35.5. The van der Waals surface area contributed by atoms with Gasteiger partial charge in [0.15, 0.2) is 16.6 Å². The van der Waals surface area contributed by atoms with Crippen LogP contribution in [0.5, 0.6) is 0 Å². The number of aldehydes is 1. The van der Waals surface area contributed by atoms with Crippen molar-refractivity contribution in [3.63, 3.8) is 0 Å². The number of hydrogen-bond acceptors (Lipinski definition) is 5. The fourth-order valence-electron chi connectivity index (χ4n) is 1.79. The monoisotopic (exact) mass is 259 g/mol. The summed E-state index contributed by atoms with van der Waals surface area (Å²) in [6.07, 6.45) is 2.28. The SMILES string of the molecule is NC(=O)C1CCCN1c1nc(Cl)c(C=O)s1. The Morgan fingerprint density at radius 2 is 2.44 bits per heavy atom. The van der Waals surface area contributed by atoms with Gasteiger partial charge in [-0.1, -0.05) is 22.9 Å². The molecule has 0 spiro atoms. The van der Waals surface area contributed by atoms with Gasteiger partial charge in [0.25, 0.3) is 0 Å². The minimum absolute atomic E-state index is 0.185. The molecule has 0 bridgehead atoms. The van der Waals surface area contributed by atoms with Gasteiger partial charge in [-0.25, -0.2) is 4.98 Å². The lowest BCUT2D eigenvalue weighted by Gasteiger charge is -2.20. The van der Waals surface area contributed by atoms with E-state index in [9.17, 15) is 9.59 Å². The smallest absolute Gasteiger partial charge is 0.240 e. The molecule has 5 nitrogen and oxygen atoms in total. The predicted molar refractivity (Wildman–Crippen MR) is 62.1 cm³/mol. The third kappa shape index (κ3) is 1.90. The molecule has 16 heavy (non-hydrogen) atoms. The molecule has 0 aromatic carbocycles. The summed E-state index contributed by atoms with van der Waals surface area (Å²) in [4.78, 5) is 28.1. The Kier molecular flexibility index (Phi) is 3.11. The summed E-state index contributed by atoms with van der Waals surface area (Å²) in [6.45, 7) is 0.718. The summed E-state index contributed by atoms with van der Waals surface area (Å²) in [5, 5.41) is 0.776. The zero-order chi connectivity index (χ0) is 11.7. The lowest BCUT2D eigenvalue weighted by molar-refractivity contribution is -0.119. The highest BCUT2D eigenvalue weighted by molar-refractivity contribution is 7.17. The Hall–Kier alpha value is -1.14. The first-order chi connectivity index (χ1) is 7.63. The van der Waals surface area contributed by atoms with E-state index in [1.165, 1.54) is 11.3 Å². The number of anilines is 1. The van der Waals surface area contributed by atoms with Crippen molar-refractivity contribution in [2.75, 3.05) is 11.4 Å². The highest BCUT2D eigenvalue weighted by Crippen LogP contribution is 2.32. The Morgan fingerprint density at radius 1 is 1.69 bits per heavy atom. The minimum Gasteiger partial charge on any atom is -0.368 e. The number of halogens is 1. The number of nitrogens with zero attached hydrogens (tertiary/aromatic N) is 2. The van der Waals surface area contributed by atoms with Crippen LogP contribution in [0.3, 0.4) is 0 Å². The molecule has 86 valence electrons. The summed E-state index contributed by atoms with van der Waals surface area (Å²) in [6, 6.07) is -0.332. The molecule has 7 heteroatoms. The molecule has 2 heterocycles. The van der Waals surface area contributed by atoms with E-state index in [-0.39, 0.29) is 17.1 Å². The molecule has 1 atom stereocenters. The van der Waals surface area contributed by atoms with Crippen molar-refractivity contribution in [3.05, 3.63) is 10.0 Å². The standard InChI is InChI=1S/C9H10ClN3O2S/c10-7-6(4-14)16-9(12-7)13-3-1-2-5(13)8(11)15/h4-5H,1-3H2,(H2,11,15). The first kappa shape index (κ1) is 11.3. The molecule has 2 rings (SSSR count). The molecule has 0 radical (unpaired) electrons. The van der Waals surface area contributed by atoms with Crippen LogP contribution in [0.4, 0.5) is 5.13 Å². The van der Waals surface area contributed by atoms with Crippen LogP contribution in [0.15, 0.2) is 0 Å². The molecule has 1 fully saturated rings. The van der Waals surface area contributed by atoms with Crippen LogP contribution in [0.2, 0.25) is 5.15 Å². The van der Waals surface area contributed by atoms with Crippen LogP contribution >= 0.6 is 22.9 Å². The van der Waals surface area contributed by atoms with Gasteiger partial charge < -0.3 is 10.6 Å². The summed E-state index contributed by atoms with van der Waals surface area (Å²) >= 11 is 6.96. The van der Waals surface area contributed by atoms with Crippen molar-refractivity contribution in [1.29, 1.82) is 0 Å². The molecule has 1 aliphatic rings. The Balaban J connectivity index is 2.29. The maximum absolute atomic E-state index is 11.2. The Labute approximate surface area is 101 Å². The van der Waals surface area contributed by atoms with E-state index in [2.05, 4.69) is 4.98 Å². The lowest BCUT2D eigenvalue weighted by atomic mass is 10.2. The van der Waals surface area contributed by atoms with Gasteiger partial charge in [0, 0.05) is 6.54 Å². The van der Waals surface area contributed by atoms with Gasteiger partial charge in [-0.15, -0.1) is 0 Å². The average Bonchev–Trinajstić information content (AvgIpc) is 2.82. The normalized spacial score (nSPS) is 20.1. The molecule has 1 amide bonds. The van der Waals surface area contributed by atoms with Crippen LogP contribution in [0.25, 0.3) is 0 Å². The van der Waals surface area contributed by atoms with Crippen molar-refractivity contribution < 1.29 is 9.59 Å². The quantitative estimate of drug-likeness (QED) is 0.824. The Bertz CT molecular complexity index is 434. The molecular formula is C9H10ClN3O2S. The molecule has 2 N–H and O–H groups in total. The number of carbonyl (C=O) groups excluding carboxylic acids is 2. The summed E-state index contributed by atoms with van der Waals surface area (Å²) in [5.74, 6) is -0.364. The van der Waals surface area contributed by atoms with Gasteiger partial charge in [-0.3, -0.25) is 9.59 Å². The number of primary amides is 1. The van der Waals surface area contributed by atoms with E-state index < -0.39 is 0 Å². The van der Waals surface area contributed by atoms with Crippen molar-refractivity contribution in [1.82, 2.24) is 4.98 Å².